The predicted molar refractivity (Wildman–Crippen MR) is 99.5 cm³/mol. The molecule has 0 saturated carbocycles. The molecule has 8 nitrogen and oxygen atoms in total. The fourth-order valence-electron chi connectivity index (χ4n) is 3.14. The SMILES string of the molecule is Cl.NC(=O)c1cccc(-n2ccnc2-c2cn(C3CCNCC3)nn2)c1. The lowest BCUT2D eigenvalue weighted by molar-refractivity contribution is 0.100. The molecule has 0 atom stereocenters. The number of primary amides is 1. The van der Waals surface area contributed by atoms with Crippen molar-refractivity contribution in [3.63, 3.8) is 0 Å². The van der Waals surface area contributed by atoms with Crippen LogP contribution in [0, 0.1) is 0 Å². The highest BCUT2D eigenvalue weighted by Crippen LogP contribution is 2.23. The highest BCUT2D eigenvalue weighted by molar-refractivity contribution is 5.93. The number of piperidine rings is 1. The van der Waals surface area contributed by atoms with Crippen molar-refractivity contribution in [3.05, 3.63) is 48.4 Å². The minimum Gasteiger partial charge on any atom is -0.366 e. The Morgan fingerprint density at radius 3 is 2.85 bits per heavy atom. The second-order valence-electron chi connectivity index (χ2n) is 6.10. The van der Waals surface area contributed by atoms with E-state index in [9.17, 15) is 4.79 Å². The first-order valence-electron chi connectivity index (χ1n) is 8.29. The van der Waals surface area contributed by atoms with Crippen LogP contribution in [0.25, 0.3) is 17.2 Å². The number of carbonyl (C=O) groups excluding carboxylic acids is 1. The predicted octanol–water partition coefficient (Wildman–Crippen LogP) is 1.58. The molecule has 0 aliphatic carbocycles. The van der Waals surface area contributed by atoms with E-state index in [-0.39, 0.29) is 12.4 Å². The molecule has 1 amide bonds. The third kappa shape index (κ3) is 3.47. The van der Waals surface area contributed by atoms with Gasteiger partial charge in [-0.2, -0.15) is 0 Å². The molecule has 3 heterocycles. The molecule has 3 aromatic rings. The van der Waals surface area contributed by atoms with Crippen molar-refractivity contribution < 1.29 is 4.79 Å². The van der Waals surface area contributed by atoms with E-state index >= 15 is 0 Å². The first-order chi connectivity index (χ1) is 12.2. The van der Waals surface area contributed by atoms with Gasteiger partial charge in [-0.1, -0.05) is 11.3 Å². The van der Waals surface area contributed by atoms with Gasteiger partial charge in [0.15, 0.2) is 5.82 Å². The highest BCUT2D eigenvalue weighted by atomic mass is 35.5. The lowest BCUT2D eigenvalue weighted by atomic mass is 10.1. The molecular formula is C17H20ClN7O. The fourth-order valence-corrected chi connectivity index (χ4v) is 3.14. The van der Waals surface area contributed by atoms with Gasteiger partial charge in [-0.3, -0.25) is 9.36 Å². The van der Waals surface area contributed by atoms with E-state index < -0.39 is 5.91 Å². The number of aromatic nitrogens is 5. The zero-order valence-corrected chi connectivity index (χ0v) is 14.9. The van der Waals surface area contributed by atoms with E-state index in [1.54, 1.807) is 24.4 Å². The summed E-state index contributed by atoms with van der Waals surface area (Å²) in [6, 6.07) is 7.49. The molecule has 1 aromatic carbocycles. The van der Waals surface area contributed by atoms with Gasteiger partial charge in [0.05, 0.1) is 12.2 Å². The van der Waals surface area contributed by atoms with Gasteiger partial charge in [0, 0.05) is 23.6 Å². The second kappa shape index (κ2) is 7.67. The van der Waals surface area contributed by atoms with Crippen LogP contribution in [0.2, 0.25) is 0 Å². The molecule has 4 rings (SSSR count). The molecule has 3 N–H and O–H groups in total. The van der Waals surface area contributed by atoms with Crippen molar-refractivity contribution >= 4 is 18.3 Å². The van der Waals surface area contributed by atoms with Gasteiger partial charge >= 0.3 is 0 Å². The van der Waals surface area contributed by atoms with Gasteiger partial charge in [-0.25, -0.2) is 9.67 Å². The maximum absolute atomic E-state index is 11.4. The number of nitrogens with zero attached hydrogens (tertiary/aromatic N) is 5. The van der Waals surface area contributed by atoms with Crippen molar-refractivity contribution in [1.29, 1.82) is 0 Å². The third-order valence-corrected chi connectivity index (χ3v) is 4.47. The van der Waals surface area contributed by atoms with Crippen LogP contribution < -0.4 is 11.1 Å². The molecule has 136 valence electrons. The largest absolute Gasteiger partial charge is 0.366 e. The van der Waals surface area contributed by atoms with Gasteiger partial charge in [0.25, 0.3) is 0 Å². The molecule has 0 unspecified atom stereocenters. The number of hydrogen-bond acceptors (Lipinski definition) is 5. The molecule has 1 aliphatic heterocycles. The van der Waals surface area contributed by atoms with Crippen molar-refractivity contribution in [3.8, 4) is 17.2 Å². The normalized spacial score (nSPS) is 14.8. The lowest BCUT2D eigenvalue weighted by Crippen LogP contribution is -2.29. The number of amides is 1. The van der Waals surface area contributed by atoms with Gasteiger partial charge in [-0.15, -0.1) is 17.5 Å². The fraction of sp³-hybridized carbons (Fsp3) is 0.294. The summed E-state index contributed by atoms with van der Waals surface area (Å²) in [7, 11) is 0. The molecule has 2 aromatic heterocycles. The molecule has 1 saturated heterocycles. The molecule has 0 spiro atoms. The van der Waals surface area contributed by atoms with Gasteiger partial charge in [0.2, 0.25) is 5.91 Å². The Hall–Kier alpha value is -2.71. The van der Waals surface area contributed by atoms with Crippen molar-refractivity contribution in [2.24, 2.45) is 5.73 Å². The summed E-state index contributed by atoms with van der Waals surface area (Å²) in [4.78, 5) is 15.8. The molecule has 1 fully saturated rings. The lowest BCUT2D eigenvalue weighted by Gasteiger charge is -2.22. The third-order valence-electron chi connectivity index (χ3n) is 4.47. The maximum atomic E-state index is 11.4. The van der Waals surface area contributed by atoms with Gasteiger partial charge < -0.3 is 11.1 Å². The van der Waals surface area contributed by atoms with Crippen LogP contribution in [0.3, 0.4) is 0 Å². The van der Waals surface area contributed by atoms with Crippen LogP contribution in [-0.2, 0) is 0 Å². The van der Waals surface area contributed by atoms with E-state index in [4.69, 9.17) is 5.73 Å². The summed E-state index contributed by atoms with van der Waals surface area (Å²) in [6.45, 7) is 1.99. The molecule has 9 heteroatoms. The van der Waals surface area contributed by atoms with Crippen molar-refractivity contribution in [2.75, 3.05) is 13.1 Å². The van der Waals surface area contributed by atoms with Gasteiger partial charge in [-0.05, 0) is 44.1 Å². The number of nitrogens with one attached hydrogen (secondary N) is 1. The molecule has 1 aliphatic rings. The Labute approximate surface area is 156 Å². The van der Waals surface area contributed by atoms with Crippen LogP contribution in [0.15, 0.2) is 42.9 Å². The average molecular weight is 374 g/mol. The van der Waals surface area contributed by atoms with E-state index in [2.05, 4.69) is 20.6 Å². The summed E-state index contributed by atoms with van der Waals surface area (Å²) in [5.74, 6) is 0.224. The smallest absolute Gasteiger partial charge is 0.248 e. The van der Waals surface area contributed by atoms with Crippen LogP contribution in [-0.4, -0.2) is 43.5 Å². The van der Waals surface area contributed by atoms with Crippen LogP contribution in [0.5, 0.6) is 0 Å². The van der Waals surface area contributed by atoms with E-state index in [0.29, 0.717) is 23.1 Å². The summed E-state index contributed by atoms with van der Waals surface area (Å²) < 4.78 is 3.80. The molecule has 0 bridgehead atoms. The van der Waals surface area contributed by atoms with Crippen LogP contribution in [0.4, 0.5) is 0 Å². The summed E-state index contributed by atoms with van der Waals surface area (Å²) in [6.07, 6.45) is 7.55. The number of imidazole rings is 1. The first-order valence-corrected chi connectivity index (χ1v) is 8.29. The Bertz CT molecular complexity index is 898. The monoisotopic (exact) mass is 373 g/mol. The van der Waals surface area contributed by atoms with Crippen molar-refractivity contribution in [2.45, 2.75) is 18.9 Å². The molecule has 0 radical (unpaired) electrons. The van der Waals surface area contributed by atoms with Crippen molar-refractivity contribution in [1.82, 2.24) is 29.9 Å². The summed E-state index contributed by atoms with van der Waals surface area (Å²) >= 11 is 0. The van der Waals surface area contributed by atoms with Gasteiger partial charge in [0.1, 0.15) is 5.69 Å². The van der Waals surface area contributed by atoms with E-state index in [1.165, 1.54) is 0 Å². The highest BCUT2D eigenvalue weighted by Gasteiger charge is 2.19. The Balaban J connectivity index is 0.00000196. The zero-order chi connectivity index (χ0) is 17.2. The quantitative estimate of drug-likeness (QED) is 0.722. The number of rotatable bonds is 4. The minimum atomic E-state index is -0.458. The van der Waals surface area contributed by atoms with E-state index in [1.807, 2.05) is 27.7 Å². The summed E-state index contributed by atoms with van der Waals surface area (Å²) in [5, 5.41) is 11.9. The van der Waals surface area contributed by atoms with Crippen LogP contribution >= 0.6 is 12.4 Å². The van der Waals surface area contributed by atoms with E-state index in [0.717, 1.165) is 31.6 Å². The average Bonchev–Trinajstić information content (AvgIpc) is 3.32. The zero-order valence-electron chi connectivity index (χ0n) is 14.1. The topological polar surface area (TPSA) is 104 Å². The number of carbonyl (C=O) groups is 1. The maximum Gasteiger partial charge on any atom is 0.248 e. The second-order valence-corrected chi connectivity index (χ2v) is 6.10. The molecular weight excluding hydrogens is 354 g/mol. The Morgan fingerprint density at radius 2 is 2.08 bits per heavy atom. The minimum absolute atomic E-state index is 0. The summed E-state index contributed by atoms with van der Waals surface area (Å²) in [5.41, 5.74) is 7.34. The Kier molecular flexibility index (Phi) is 5.34. The standard InChI is InChI=1S/C17H19N7O.ClH/c18-16(25)12-2-1-3-14(10-12)23-9-8-20-17(23)15-11-24(22-21-15)13-4-6-19-7-5-13;/h1-3,8-11,13,19H,4-7H2,(H2,18,25);1H. The number of nitrogens with two attached hydrogens (primary N) is 1. The number of halogens is 1. The first kappa shape index (κ1) is 18.1. The van der Waals surface area contributed by atoms with Crippen LogP contribution in [0.1, 0.15) is 29.2 Å². The number of benzene rings is 1. The number of hydrogen-bond donors (Lipinski definition) is 2. The molecule has 26 heavy (non-hydrogen) atoms. The Morgan fingerprint density at radius 1 is 1.27 bits per heavy atom.